The zero-order chi connectivity index (χ0) is 32.9. The summed E-state index contributed by atoms with van der Waals surface area (Å²) in [6.45, 7) is 4.21. The molecule has 3 aromatic heterocycles. The third-order valence-corrected chi connectivity index (χ3v) is 9.50. The molecule has 7 rings (SSSR count). The molecule has 4 aromatic rings. The molecular weight excluding hydrogens is 626 g/mol. The number of hydrogen-bond donors (Lipinski definition) is 1. The highest BCUT2D eigenvalue weighted by atomic mass is 35.5. The molecule has 0 atom stereocenters. The summed E-state index contributed by atoms with van der Waals surface area (Å²) in [5, 5.41) is 19.9. The van der Waals surface area contributed by atoms with E-state index in [0.717, 1.165) is 47.8 Å². The van der Waals surface area contributed by atoms with Gasteiger partial charge in [0.2, 0.25) is 0 Å². The van der Waals surface area contributed by atoms with Crippen LogP contribution in [0.25, 0.3) is 22.2 Å². The Morgan fingerprint density at radius 2 is 1.87 bits per heavy atom. The highest BCUT2D eigenvalue weighted by molar-refractivity contribution is 6.30. The first kappa shape index (κ1) is 31.4. The lowest BCUT2D eigenvalue weighted by Crippen LogP contribution is -2.52. The lowest BCUT2D eigenvalue weighted by Gasteiger charge is -2.40. The van der Waals surface area contributed by atoms with E-state index in [1.165, 1.54) is 12.4 Å². The van der Waals surface area contributed by atoms with Gasteiger partial charge in [-0.3, -0.25) is 9.69 Å². The van der Waals surface area contributed by atoms with Crippen LogP contribution in [0.1, 0.15) is 75.5 Å². The summed E-state index contributed by atoms with van der Waals surface area (Å²) < 4.78 is 34.6. The molecule has 0 unspecified atom stereocenters. The minimum atomic E-state index is -2.53. The molecule has 0 spiro atoms. The number of halogens is 3. The van der Waals surface area contributed by atoms with Gasteiger partial charge in [0, 0.05) is 48.3 Å². The van der Waals surface area contributed by atoms with Gasteiger partial charge < -0.3 is 10.1 Å². The third-order valence-electron chi connectivity index (χ3n) is 9.30. The van der Waals surface area contributed by atoms with Crippen molar-refractivity contribution in [2.24, 2.45) is 5.92 Å². The van der Waals surface area contributed by atoms with Gasteiger partial charge in [0.15, 0.2) is 12.3 Å². The Bertz CT molecular complexity index is 1860. The largest absolute Gasteiger partial charge is 0.482 e. The van der Waals surface area contributed by atoms with Gasteiger partial charge in [-0.05, 0) is 55.7 Å². The van der Waals surface area contributed by atoms with Gasteiger partial charge in [-0.25, -0.2) is 28.4 Å². The second-order valence-corrected chi connectivity index (χ2v) is 13.7. The van der Waals surface area contributed by atoms with Crippen molar-refractivity contribution < 1.29 is 18.3 Å². The van der Waals surface area contributed by atoms with Gasteiger partial charge in [0.25, 0.3) is 11.8 Å². The zero-order valence-corrected chi connectivity index (χ0v) is 27.0. The molecule has 2 fully saturated rings. The van der Waals surface area contributed by atoms with Crippen LogP contribution in [0.3, 0.4) is 0 Å². The third kappa shape index (κ3) is 6.26. The minimum Gasteiger partial charge on any atom is -0.482 e. The number of nitrogens with zero attached hydrogens (tertiary/aromatic N) is 7. The summed E-state index contributed by atoms with van der Waals surface area (Å²) in [4.78, 5) is 28.0. The number of hydrogen-bond acceptors (Lipinski definition) is 8. The molecule has 10 nitrogen and oxygen atoms in total. The van der Waals surface area contributed by atoms with E-state index in [4.69, 9.17) is 26.4 Å². The topological polar surface area (TPSA) is 122 Å². The van der Waals surface area contributed by atoms with Crippen LogP contribution in [0.2, 0.25) is 5.02 Å². The number of nitrogens with one attached hydrogen (secondary N) is 1. The molecule has 0 saturated heterocycles. The van der Waals surface area contributed by atoms with Gasteiger partial charge in [-0.2, -0.15) is 10.4 Å². The molecule has 13 heteroatoms. The fourth-order valence-electron chi connectivity index (χ4n) is 7.02. The average molecular weight is 661 g/mol. The number of fused-ring (bicyclic) bond motifs is 2. The summed E-state index contributed by atoms with van der Waals surface area (Å²) >= 11 is 5.94. The Balaban J connectivity index is 1.22. The lowest BCUT2D eigenvalue weighted by molar-refractivity contribution is -0.121. The summed E-state index contributed by atoms with van der Waals surface area (Å²) in [6, 6.07) is 8.22. The summed E-state index contributed by atoms with van der Waals surface area (Å²) in [5.74, 6) is -1.53. The van der Waals surface area contributed by atoms with Crippen molar-refractivity contribution >= 4 is 34.2 Å². The van der Waals surface area contributed by atoms with Crippen LogP contribution in [-0.2, 0) is 17.8 Å². The number of benzene rings is 1. The molecule has 2 aliphatic carbocycles. The van der Waals surface area contributed by atoms with Crippen LogP contribution in [0.4, 0.5) is 14.5 Å². The van der Waals surface area contributed by atoms with Gasteiger partial charge in [-0.1, -0.05) is 31.5 Å². The quantitative estimate of drug-likeness (QED) is 0.230. The van der Waals surface area contributed by atoms with Crippen LogP contribution in [0.15, 0.2) is 36.8 Å². The van der Waals surface area contributed by atoms with Crippen molar-refractivity contribution in [3.8, 4) is 22.9 Å². The molecule has 2 saturated carbocycles. The molecule has 1 N–H and O–H groups in total. The van der Waals surface area contributed by atoms with E-state index in [9.17, 15) is 18.8 Å². The predicted molar refractivity (Wildman–Crippen MR) is 172 cm³/mol. The molecular formula is C34H35ClF2N8O2. The first-order valence-corrected chi connectivity index (χ1v) is 16.4. The van der Waals surface area contributed by atoms with E-state index >= 15 is 0 Å². The van der Waals surface area contributed by atoms with Crippen LogP contribution in [0, 0.1) is 17.2 Å². The van der Waals surface area contributed by atoms with Crippen molar-refractivity contribution in [3.05, 3.63) is 58.9 Å². The van der Waals surface area contributed by atoms with Crippen LogP contribution < -0.4 is 15.0 Å². The number of anilines is 1. The van der Waals surface area contributed by atoms with Crippen molar-refractivity contribution in [2.75, 3.05) is 11.5 Å². The van der Waals surface area contributed by atoms with Crippen molar-refractivity contribution in [2.45, 2.75) is 89.4 Å². The van der Waals surface area contributed by atoms with Crippen LogP contribution in [-0.4, -0.2) is 55.3 Å². The first-order chi connectivity index (χ1) is 22.6. The Labute approximate surface area is 276 Å². The maximum Gasteiger partial charge on any atom is 0.265 e. The molecule has 0 bridgehead atoms. The Hall–Kier alpha value is -4.21. The first-order valence-electron chi connectivity index (χ1n) is 16.1. The van der Waals surface area contributed by atoms with Crippen LogP contribution in [0.5, 0.6) is 5.75 Å². The number of carbonyl (C=O) groups is 1. The maximum absolute atomic E-state index is 13.4. The van der Waals surface area contributed by atoms with E-state index in [0.29, 0.717) is 40.0 Å². The van der Waals surface area contributed by atoms with E-state index in [1.54, 1.807) is 11.1 Å². The highest BCUT2D eigenvalue weighted by Gasteiger charge is 2.46. The number of aromatic nitrogens is 5. The Kier molecular flexibility index (Phi) is 8.30. The molecule has 1 amide bonds. The number of pyridine rings is 1. The van der Waals surface area contributed by atoms with Crippen molar-refractivity contribution in [1.82, 2.24) is 30.0 Å². The van der Waals surface area contributed by atoms with E-state index in [2.05, 4.69) is 35.2 Å². The minimum absolute atomic E-state index is 0.0812. The normalized spacial score (nSPS) is 21.0. The number of carbonyl (C=O) groups excluding carboxylic acids is 1. The van der Waals surface area contributed by atoms with Crippen molar-refractivity contribution in [3.63, 3.8) is 0 Å². The highest BCUT2D eigenvalue weighted by Crippen LogP contribution is 2.42. The number of amides is 1. The Morgan fingerprint density at radius 3 is 2.55 bits per heavy atom. The van der Waals surface area contributed by atoms with E-state index in [-0.39, 0.29) is 55.9 Å². The smallest absolute Gasteiger partial charge is 0.265 e. The molecule has 1 aromatic carbocycles. The fraction of sp³-hybridized carbons (Fsp3) is 0.471. The SMILES string of the molecule is CC(C)Cc1nc2c(cnn2C2CCC(NC3CC(F)(F)C3)CC2)c(-c2ccc3c(c2)OCC(=O)N3Cc2ncc(Cl)cn2)c1C#N. The van der Waals surface area contributed by atoms with E-state index in [1.807, 2.05) is 22.9 Å². The number of nitriles is 1. The number of ether oxygens (including phenoxy) is 1. The lowest BCUT2D eigenvalue weighted by atomic mass is 9.85. The molecule has 4 heterocycles. The summed E-state index contributed by atoms with van der Waals surface area (Å²) in [7, 11) is 0. The second-order valence-electron chi connectivity index (χ2n) is 13.2. The van der Waals surface area contributed by atoms with Gasteiger partial charge in [-0.15, -0.1) is 0 Å². The van der Waals surface area contributed by atoms with Gasteiger partial charge in [0.1, 0.15) is 17.6 Å². The zero-order valence-electron chi connectivity index (χ0n) is 26.2. The molecule has 1 aliphatic heterocycles. The number of alkyl halides is 2. The summed E-state index contributed by atoms with van der Waals surface area (Å²) in [6.07, 6.45) is 8.66. The molecule has 0 radical (unpaired) electrons. The van der Waals surface area contributed by atoms with Crippen molar-refractivity contribution in [1.29, 1.82) is 5.26 Å². The summed E-state index contributed by atoms with van der Waals surface area (Å²) in [5.41, 5.74) is 4.01. The Morgan fingerprint density at radius 1 is 1.13 bits per heavy atom. The maximum atomic E-state index is 13.4. The van der Waals surface area contributed by atoms with E-state index < -0.39 is 5.92 Å². The predicted octanol–water partition coefficient (Wildman–Crippen LogP) is 6.41. The molecule has 244 valence electrons. The monoisotopic (exact) mass is 660 g/mol. The van der Waals surface area contributed by atoms with Gasteiger partial charge in [0.05, 0.1) is 40.8 Å². The van der Waals surface area contributed by atoms with Gasteiger partial charge >= 0.3 is 0 Å². The molecule has 3 aliphatic rings. The number of rotatable bonds is 8. The fourth-order valence-corrected chi connectivity index (χ4v) is 7.12. The standard InChI is InChI=1S/C34H35ClF2N8O2/c1-19(2)9-27-25(13-38)32(20-3-8-28-29(10-20)47-18-31(46)44(28)17-30-39-14-21(35)15-40-30)26-16-41-45(33(26)43-27)24-6-4-22(5-7-24)42-23-11-34(36,37)12-23/h3,8,10,14-16,19,22-24,42H,4-7,9,11-12,17-18H2,1-2H3. The second kappa shape index (κ2) is 12.4. The molecule has 47 heavy (non-hydrogen) atoms. The average Bonchev–Trinajstić information content (AvgIpc) is 3.45. The van der Waals surface area contributed by atoms with Crippen LogP contribution >= 0.6 is 11.6 Å².